The monoisotopic (exact) mass is 420 g/mol. The fourth-order valence-electron chi connectivity index (χ4n) is 3.13. The minimum absolute atomic E-state index is 0.0212. The van der Waals surface area contributed by atoms with E-state index < -0.39 is 0 Å². The molecule has 3 aromatic carbocycles. The summed E-state index contributed by atoms with van der Waals surface area (Å²) in [4.78, 5) is 14.4. The van der Waals surface area contributed by atoms with E-state index in [1.54, 1.807) is 19.1 Å². The van der Waals surface area contributed by atoms with Crippen LogP contribution in [0.4, 0.5) is 11.4 Å². The standard InChI is InChI=1S/C25H28N2O4/c1-4-27(17-19-10-15-23(29-2)24(16-19)30-3)25(28)18-31-22-13-11-21(12-14-22)26-20-8-6-5-7-9-20/h5-16,26H,4,17-18H2,1-3H3. The molecule has 3 rings (SSSR count). The van der Waals surface area contributed by atoms with Gasteiger partial charge in [0.25, 0.3) is 5.91 Å². The van der Waals surface area contributed by atoms with Crippen molar-refractivity contribution in [3.05, 3.63) is 78.4 Å². The summed E-state index contributed by atoms with van der Waals surface area (Å²) in [6.07, 6.45) is 0. The number of rotatable bonds is 10. The SMILES string of the molecule is CCN(Cc1ccc(OC)c(OC)c1)C(=O)COc1ccc(Nc2ccccc2)cc1. The van der Waals surface area contributed by atoms with Gasteiger partial charge in [0.1, 0.15) is 5.75 Å². The van der Waals surface area contributed by atoms with Crippen LogP contribution in [0.15, 0.2) is 72.8 Å². The Labute approximate surface area is 183 Å². The van der Waals surface area contributed by atoms with Crippen LogP contribution in [-0.2, 0) is 11.3 Å². The topological polar surface area (TPSA) is 60.0 Å². The van der Waals surface area contributed by atoms with Crippen molar-refractivity contribution < 1.29 is 19.0 Å². The van der Waals surface area contributed by atoms with Gasteiger partial charge in [0.15, 0.2) is 18.1 Å². The van der Waals surface area contributed by atoms with Gasteiger partial charge in [-0.15, -0.1) is 0 Å². The predicted molar refractivity (Wildman–Crippen MR) is 122 cm³/mol. The third-order valence-corrected chi connectivity index (χ3v) is 4.83. The molecule has 0 aliphatic heterocycles. The summed E-state index contributed by atoms with van der Waals surface area (Å²) in [6.45, 7) is 2.98. The molecular formula is C25H28N2O4. The molecule has 0 radical (unpaired) electrons. The summed E-state index contributed by atoms with van der Waals surface area (Å²) in [7, 11) is 3.19. The molecule has 0 atom stereocenters. The van der Waals surface area contributed by atoms with Gasteiger partial charge in [0.2, 0.25) is 0 Å². The van der Waals surface area contributed by atoms with E-state index >= 15 is 0 Å². The van der Waals surface area contributed by atoms with Gasteiger partial charge in [0, 0.05) is 24.5 Å². The highest BCUT2D eigenvalue weighted by molar-refractivity contribution is 5.77. The number of likely N-dealkylation sites (N-methyl/N-ethyl adjacent to an activating group) is 1. The molecule has 0 spiro atoms. The largest absolute Gasteiger partial charge is 0.493 e. The summed E-state index contributed by atoms with van der Waals surface area (Å²) in [5.41, 5.74) is 2.93. The molecule has 1 amide bonds. The molecule has 162 valence electrons. The van der Waals surface area contributed by atoms with E-state index in [1.165, 1.54) is 0 Å². The van der Waals surface area contributed by atoms with Crippen LogP contribution in [0.1, 0.15) is 12.5 Å². The highest BCUT2D eigenvalue weighted by Crippen LogP contribution is 2.28. The quantitative estimate of drug-likeness (QED) is 0.507. The van der Waals surface area contributed by atoms with Crippen LogP contribution in [0.5, 0.6) is 17.2 Å². The zero-order valence-corrected chi connectivity index (χ0v) is 18.1. The van der Waals surface area contributed by atoms with Crippen molar-refractivity contribution in [3.63, 3.8) is 0 Å². The van der Waals surface area contributed by atoms with Crippen LogP contribution < -0.4 is 19.5 Å². The maximum absolute atomic E-state index is 12.7. The van der Waals surface area contributed by atoms with Crippen molar-refractivity contribution in [3.8, 4) is 17.2 Å². The molecule has 6 heteroatoms. The first-order valence-electron chi connectivity index (χ1n) is 10.2. The molecular weight excluding hydrogens is 392 g/mol. The van der Waals surface area contributed by atoms with Gasteiger partial charge < -0.3 is 24.4 Å². The van der Waals surface area contributed by atoms with Crippen LogP contribution in [-0.4, -0.2) is 38.2 Å². The van der Waals surface area contributed by atoms with E-state index in [0.717, 1.165) is 16.9 Å². The molecule has 0 saturated heterocycles. The van der Waals surface area contributed by atoms with E-state index in [-0.39, 0.29) is 12.5 Å². The Morgan fingerprint density at radius 3 is 2.19 bits per heavy atom. The van der Waals surface area contributed by atoms with Crippen molar-refractivity contribution in [1.82, 2.24) is 4.90 Å². The molecule has 31 heavy (non-hydrogen) atoms. The second-order valence-corrected chi connectivity index (χ2v) is 6.90. The normalized spacial score (nSPS) is 10.3. The number of anilines is 2. The lowest BCUT2D eigenvalue weighted by Gasteiger charge is -2.22. The smallest absolute Gasteiger partial charge is 0.260 e. The number of ether oxygens (including phenoxy) is 3. The van der Waals surface area contributed by atoms with E-state index in [2.05, 4.69) is 5.32 Å². The first kappa shape index (κ1) is 22.0. The Bertz CT molecular complexity index is 975. The van der Waals surface area contributed by atoms with Gasteiger partial charge >= 0.3 is 0 Å². The van der Waals surface area contributed by atoms with Crippen molar-refractivity contribution in [1.29, 1.82) is 0 Å². The number of nitrogens with zero attached hydrogens (tertiary/aromatic N) is 1. The number of hydrogen-bond acceptors (Lipinski definition) is 5. The second-order valence-electron chi connectivity index (χ2n) is 6.90. The number of amides is 1. The predicted octanol–water partition coefficient (Wildman–Crippen LogP) is 4.87. The lowest BCUT2D eigenvalue weighted by Crippen LogP contribution is -2.34. The zero-order valence-electron chi connectivity index (χ0n) is 18.1. The van der Waals surface area contributed by atoms with E-state index in [1.807, 2.05) is 79.7 Å². The summed E-state index contributed by atoms with van der Waals surface area (Å²) in [6, 6.07) is 23.1. The first-order chi connectivity index (χ1) is 15.1. The molecule has 0 aliphatic carbocycles. The Kier molecular flexibility index (Phi) is 7.76. The average Bonchev–Trinajstić information content (AvgIpc) is 2.82. The molecule has 0 aromatic heterocycles. The fourth-order valence-corrected chi connectivity index (χ4v) is 3.13. The maximum Gasteiger partial charge on any atom is 0.260 e. The third kappa shape index (κ3) is 6.15. The van der Waals surface area contributed by atoms with Crippen molar-refractivity contribution in [2.75, 3.05) is 32.7 Å². The third-order valence-electron chi connectivity index (χ3n) is 4.83. The highest BCUT2D eigenvalue weighted by atomic mass is 16.5. The zero-order chi connectivity index (χ0) is 22.1. The molecule has 0 heterocycles. The van der Waals surface area contributed by atoms with Crippen LogP contribution in [0.3, 0.4) is 0 Å². The highest BCUT2D eigenvalue weighted by Gasteiger charge is 2.14. The molecule has 0 unspecified atom stereocenters. The van der Waals surface area contributed by atoms with Gasteiger partial charge in [-0.2, -0.15) is 0 Å². The lowest BCUT2D eigenvalue weighted by atomic mass is 10.2. The Morgan fingerprint density at radius 1 is 0.871 bits per heavy atom. The average molecular weight is 421 g/mol. The Hall–Kier alpha value is -3.67. The molecule has 3 aromatic rings. The van der Waals surface area contributed by atoms with Crippen LogP contribution in [0.2, 0.25) is 0 Å². The molecule has 6 nitrogen and oxygen atoms in total. The van der Waals surface area contributed by atoms with Crippen LogP contribution in [0, 0.1) is 0 Å². The van der Waals surface area contributed by atoms with Crippen molar-refractivity contribution in [2.45, 2.75) is 13.5 Å². The molecule has 0 aliphatic rings. The first-order valence-corrected chi connectivity index (χ1v) is 10.2. The van der Waals surface area contributed by atoms with Crippen molar-refractivity contribution >= 4 is 17.3 Å². The summed E-state index contributed by atoms with van der Waals surface area (Å²) in [5.74, 6) is 1.87. The van der Waals surface area contributed by atoms with Gasteiger partial charge in [-0.05, 0) is 61.0 Å². The number of methoxy groups -OCH3 is 2. The molecule has 0 fully saturated rings. The van der Waals surface area contributed by atoms with E-state index in [4.69, 9.17) is 14.2 Å². The number of benzene rings is 3. The summed E-state index contributed by atoms with van der Waals surface area (Å²) < 4.78 is 16.3. The van der Waals surface area contributed by atoms with Gasteiger partial charge in [-0.25, -0.2) is 0 Å². The van der Waals surface area contributed by atoms with E-state index in [9.17, 15) is 4.79 Å². The number of carbonyl (C=O) groups is 1. The molecule has 0 bridgehead atoms. The molecule has 1 N–H and O–H groups in total. The fraction of sp³-hybridized carbons (Fsp3) is 0.240. The second kappa shape index (κ2) is 10.9. The summed E-state index contributed by atoms with van der Waals surface area (Å²) >= 11 is 0. The number of para-hydroxylation sites is 1. The van der Waals surface area contributed by atoms with Crippen molar-refractivity contribution in [2.24, 2.45) is 0 Å². The van der Waals surface area contributed by atoms with Gasteiger partial charge in [-0.1, -0.05) is 24.3 Å². The minimum Gasteiger partial charge on any atom is -0.493 e. The van der Waals surface area contributed by atoms with Crippen LogP contribution in [0.25, 0.3) is 0 Å². The number of nitrogens with one attached hydrogen (secondary N) is 1. The lowest BCUT2D eigenvalue weighted by molar-refractivity contribution is -0.133. The maximum atomic E-state index is 12.7. The molecule has 0 saturated carbocycles. The number of hydrogen-bond donors (Lipinski definition) is 1. The van der Waals surface area contributed by atoms with E-state index in [0.29, 0.717) is 30.3 Å². The Morgan fingerprint density at radius 2 is 1.55 bits per heavy atom. The number of carbonyl (C=O) groups excluding carboxylic acids is 1. The Balaban J connectivity index is 1.55. The van der Waals surface area contributed by atoms with Gasteiger partial charge in [-0.3, -0.25) is 4.79 Å². The summed E-state index contributed by atoms with van der Waals surface area (Å²) in [5, 5.41) is 3.32. The minimum atomic E-state index is -0.0798. The van der Waals surface area contributed by atoms with Crippen LogP contribution >= 0.6 is 0 Å². The van der Waals surface area contributed by atoms with Gasteiger partial charge in [0.05, 0.1) is 14.2 Å².